The zero-order valence-corrected chi connectivity index (χ0v) is 20.4. The maximum atomic E-state index is 5.61. The van der Waals surface area contributed by atoms with E-state index in [0.29, 0.717) is 35.3 Å². The lowest BCUT2D eigenvalue weighted by atomic mass is 10.1. The van der Waals surface area contributed by atoms with Crippen LogP contribution in [0.1, 0.15) is 19.4 Å². The second-order valence-electron chi connectivity index (χ2n) is 8.28. The van der Waals surface area contributed by atoms with Crippen LogP contribution < -0.4 is 19.7 Å². The van der Waals surface area contributed by atoms with Crippen molar-refractivity contribution in [3.8, 4) is 22.9 Å². The van der Waals surface area contributed by atoms with E-state index in [-0.39, 0.29) is 0 Å². The Morgan fingerprint density at radius 1 is 1.09 bits per heavy atom. The second-order valence-corrected chi connectivity index (χ2v) is 8.28. The summed E-state index contributed by atoms with van der Waals surface area (Å²) in [4.78, 5) is 11.7. The van der Waals surface area contributed by atoms with Crippen molar-refractivity contribution in [2.45, 2.75) is 26.8 Å². The summed E-state index contributed by atoms with van der Waals surface area (Å²) < 4.78 is 12.9. The summed E-state index contributed by atoms with van der Waals surface area (Å²) in [5, 5.41) is 16.2. The van der Waals surface area contributed by atoms with Crippen LogP contribution >= 0.6 is 0 Å². The Balaban J connectivity index is 1.80. The van der Waals surface area contributed by atoms with Crippen LogP contribution in [0, 0.1) is 6.92 Å². The number of hydrogen-bond acceptors (Lipinski definition) is 9. The minimum atomic E-state index is 0.367. The minimum Gasteiger partial charge on any atom is -0.497 e. The molecule has 178 valence electrons. The van der Waals surface area contributed by atoms with E-state index in [2.05, 4.69) is 44.3 Å². The number of aryl methyl sites for hydroxylation is 1. The van der Waals surface area contributed by atoms with Crippen LogP contribution in [-0.4, -0.2) is 63.3 Å². The number of ether oxygens (including phenoxy) is 2. The van der Waals surface area contributed by atoms with Gasteiger partial charge in [0.05, 0.1) is 31.7 Å². The first-order valence-electron chi connectivity index (χ1n) is 11.1. The number of anilines is 2. The molecule has 0 fully saturated rings. The highest BCUT2D eigenvalue weighted by molar-refractivity contribution is 5.76. The maximum Gasteiger partial charge on any atom is 0.187 e. The summed E-state index contributed by atoms with van der Waals surface area (Å²) in [6.07, 6.45) is 3.56. The van der Waals surface area contributed by atoms with E-state index < -0.39 is 0 Å². The van der Waals surface area contributed by atoms with Crippen LogP contribution in [0.5, 0.6) is 11.5 Å². The molecule has 0 saturated carbocycles. The number of fused-ring (bicyclic) bond motifs is 1. The molecule has 0 radical (unpaired) electrons. The van der Waals surface area contributed by atoms with Gasteiger partial charge in [-0.2, -0.15) is 5.10 Å². The molecule has 4 aromatic rings. The van der Waals surface area contributed by atoms with Gasteiger partial charge >= 0.3 is 0 Å². The van der Waals surface area contributed by atoms with Gasteiger partial charge < -0.3 is 19.7 Å². The molecule has 3 aromatic heterocycles. The van der Waals surface area contributed by atoms with Gasteiger partial charge in [-0.15, -0.1) is 10.2 Å². The SMILES string of the molecule is COc1cc(OC)c(C)c(N(CCNC(C)C)c2ccc3nnc(-c4cnn(C)c4)nc3n2)c1. The lowest BCUT2D eigenvalue weighted by molar-refractivity contribution is 0.392. The number of aromatic nitrogens is 6. The summed E-state index contributed by atoms with van der Waals surface area (Å²) >= 11 is 0. The van der Waals surface area contributed by atoms with Crippen molar-refractivity contribution >= 4 is 22.7 Å². The first-order valence-corrected chi connectivity index (χ1v) is 11.1. The minimum absolute atomic E-state index is 0.367. The van der Waals surface area contributed by atoms with Crippen molar-refractivity contribution in [1.29, 1.82) is 0 Å². The normalized spacial score (nSPS) is 11.3. The summed E-state index contributed by atoms with van der Waals surface area (Å²) in [5.41, 5.74) is 3.86. The molecule has 1 N–H and O–H groups in total. The molecular formula is C24H30N8O2. The molecule has 34 heavy (non-hydrogen) atoms. The van der Waals surface area contributed by atoms with Gasteiger partial charge in [0, 0.05) is 50.1 Å². The molecule has 0 aliphatic heterocycles. The lowest BCUT2D eigenvalue weighted by Gasteiger charge is -2.27. The molecule has 10 heteroatoms. The highest BCUT2D eigenvalue weighted by Gasteiger charge is 2.19. The van der Waals surface area contributed by atoms with E-state index in [1.165, 1.54) is 0 Å². The summed E-state index contributed by atoms with van der Waals surface area (Å²) in [5.74, 6) is 2.69. The second kappa shape index (κ2) is 10.0. The molecule has 0 aliphatic rings. The highest BCUT2D eigenvalue weighted by Crippen LogP contribution is 2.37. The average Bonchev–Trinajstić information content (AvgIpc) is 3.27. The van der Waals surface area contributed by atoms with Gasteiger partial charge in [-0.3, -0.25) is 4.68 Å². The van der Waals surface area contributed by atoms with Crippen molar-refractivity contribution in [3.63, 3.8) is 0 Å². The quantitative estimate of drug-likeness (QED) is 0.401. The number of nitrogens with one attached hydrogen (secondary N) is 1. The first-order chi connectivity index (χ1) is 16.4. The van der Waals surface area contributed by atoms with E-state index >= 15 is 0 Å². The molecule has 1 aromatic carbocycles. The Bertz CT molecular complexity index is 1290. The predicted octanol–water partition coefficient (Wildman–Crippen LogP) is 3.28. The van der Waals surface area contributed by atoms with E-state index in [9.17, 15) is 0 Å². The lowest BCUT2D eigenvalue weighted by Crippen LogP contribution is -2.33. The van der Waals surface area contributed by atoms with Crippen LogP contribution in [-0.2, 0) is 7.05 Å². The smallest absolute Gasteiger partial charge is 0.187 e. The molecule has 0 unspecified atom stereocenters. The molecule has 0 spiro atoms. The Morgan fingerprint density at radius 2 is 1.91 bits per heavy atom. The van der Waals surface area contributed by atoms with Gasteiger partial charge in [0.2, 0.25) is 0 Å². The third-order valence-electron chi connectivity index (χ3n) is 5.48. The zero-order valence-electron chi connectivity index (χ0n) is 20.4. The number of hydrogen-bond donors (Lipinski definition) is 1. The Labute approximate surface area is 199 Å². The average molecular weight is 463 g/mol. The van der Waals surface area contributed by atoms with Gasteiger partial charge in [-0.1, -0.05) is 13.8 Å². The van der Waals surface area contributed by atoms with E-state index in [0.717, 1.165) is 34.9 Å². The largest absolute Gasteiger partial charge is 0.497 e. The van der Waals surface area contributed by atoms with Crippen molar-refractivity contribution in [3.05, 3.63) is 42.2 Å². The number of pyridine rings is 1. The number of methoxy groups -OCH3 is 2. The summed E-state index contributed by atoms with van der Waals surface area (Å²) in [6.45, 7) is 7.73. The molecular weight excluding hydrogens is 432 g/mol. The number of rotatable bonds is 9. The standard InChI is InChI=1S/C24H30N8O2/c1-15(2)25-9-10-32(20-11-18(33-5)12-21(34-6)16(20)3)22-8-7-19-24(27-22)28-23(30-29-19)17-13-26-31(4)14-17/h7-8,11-15,25H,9-10H2,1-6H3. The highest BCUT2D eigenvalue weighted by atomic mass is 16.5. The fourth-order valence-electron chi connectivity index (χ4n) is 3.71. The molecule has 0 aliphatic carbocycles. The van der Waals surface area contributed by atoms with Crippen molar-refractivity contribution < 1.29 is 9.47 Å². The Hall–Kier alpha value is -3.79. The maximum absolute atomic E-state index is 5.61. The fraction of sp³-hybridized carbons (Fsp3) is 0.375. The zero-order chi connectivity index (χ0) is 24.2. The predicted molar refractivity (Wildman–Crippen MR) is 132 cm³/mol. The topological polar surface area (TPSA) is 103 Å². The number of benzene rings is 1. The molecule has 10 nitrogen and oxygen atoms in total. The Kier molecular flexibility index (Phi) is 6.87. The first kappa shape index (κ1) is 23.4. The third-order valence-corrected chi connectivity index (χ3v) is 5.48. The van der Waals surface area contributed by atoms with Crippen LogP contribution in [0.4, 0.5) is 11.5 Å². The van der Waals surface area contributed by atoms with Crippen LogP contribution in [0.3, 0.4) is 0 Å². The Morgan fingerprint density at radius 3 is 2.59 bits per heavy atom. The fourth-order valence-corrected chi connectivity index (χ4v) is 3.71. The molecule has 0 atom stereocenters. The molecule has 3 heterocycles. The van der Waals surface area contributed by atoms with Gasteiger partial charge in [0.15, 0.2) is 11.5 Å². The van der Waals surface area contributed by atoms with Crippen molar-refractivity contribution in [1.82, 2.24) is 35.3 Å². The van der Waals surface area contributed by atoms with E-state index in [1.54, 1.807) is 25.1 Å². The summed E-state index contributed by atoms with van der Waals surface area (Å²) in [7, 11) is 5.16. The van der Waals surface area contributed by atoms with E-state index in [1.807, 2.05) is 44.4 Å². The van der Waals surface area contributed by atoms with Crippen LogP contribution in [0.15, 0.2) is 36.7 Å². The van der Waals surface area contributed by atoms with Crippen molar-refractivity contribution in [2.24, 2.45) is 7.05 Å². The molecule has 0 amide bonds. The molecule has 0 bridgehead atoms. The summed E-state index contributed by atoms with van der Waals surface area (Å²) in [6, 6.07) is 8.07. The number of nitrogens with zero attached hydrogens (tertiary/aromatic N) is 7. The van der Waals surface area contributed by atoms with Gasteiger partial charge in [-0.05, 0) is 19.1 Å². The van der Waals surface area contributed by atoms with Gasteiger partial charge in [0.1, 0.15) is 22.8 Å². The molecule has 0 saturated heterocycles. The van der Waals surface area contributed by atoms with Crippen molar-refractivity contribution in [2.75, 3.05) is 32.2 Å². The van der Waals surface area contributed by atoms with Crippen LogP contribution in [0.25, 0.3) is 22.6 Å². The van der Waals surface area contributed by atoms with Crippen LogP contribution in [0.2, 0.25) is 0 Å². The molecule has 4 rings (SSSR count). The van der Waals surface area contributed by atoms with Gasteiger partial charge in [-0.25, -0.2) is 9.97 Å². The van der Waals surface area contributed by atoms with E-state index in [4.69, 9.17) is 14.5 Å². The third kappa shape index (κ3) is 4.91. The van der Waals surface area contributed by atoms with Gasteiger partial charge in [0.25, 0.3) is 0 Å². The monoisotopic (exact) mass is 462 g/mol.